The molecule has 0 radical (unpaired) electrons. The summed E-state index contributed by atoms with van der Waals surface area (Å²) in [6.07, 6.45) is 0.544. The van der Waals surface area contributed by atoms with Gasteiger partial charge in [-0.2, -0.15) is 5.26 Å². The molecule has 1 aromatic carbocycles. The van der Waals surface area contributed by atoms with Crippen LogP contribution in [0.15, 0.2) is 34.2 Å². The highest BCUT2D eigenvalue weighted by atomic mass is 32.2. The van der Waals surface area contributed by atoms with Crippen molar-refractivity contribution in [3.05, 3.63) is 45.9 Å². The highest BCUT2D eigenvalue weighted by molar-refractivity contribution is 7.99. The molecule has 23 heavy (non-hydrogen) atoms. The van der Waals surface area contributed by atoms with Gasteiger partial charge in [0.1, 0.15) is 23.1 Å². The number of hydrogen-bond donors (Lipinski definition) is 1. The number of thioether (sulfide) groups is 1. The Balaban J connectivity index is 1.90. The Kier molecular flexibility index (Phi) is 6.06. The average Bonchev–Trinajstić information content (AvgIpc) is 2.58. The third-order valence-corrected chi connectivity index (χ3v) is 3.91. The first-order chi connectivity index (χ1) is 11.2. The van der Waals surface area contributed by atoms with Crippen molar-refractivity contribution >= 4 is 11.8 Å². The summed E-state index contributed by atoms with van der Waals surface area (Å²) in [6, 6.07) is 9.22. The molecule has 2 aromatic rings. The Labute approximate surface area is 138 Å². The van der Waals surface area contributed by atoms with E-state index < -0.39 is 5.56 Å². The van der Waals surface area contributed by atoms with Gasteiger partial charge in [-0.15, -0.1) is 0 Å². The van der Waals surface area contributed by atoms with E-state index in [0.717, 1.165) is 11.5 Å². The van der Waals surface area contributed by atoms with Gasteiger partial charge in [-0.25, -0.2) is 4.98 Å². The lowest BCUT2D eigenvalue weighted by Crippen LogP contribution is -2.16. The SMILES string of the molecule is CCc1nc(SCCOc2ccc(OC)cc2)[nH]c(=O)c1C#N. The molecule has 0 saturated heterocycles. The Morgan fingerprint density at radius 2 is 2.00 bits per heavy atom. The van der Waals surface area contributed by atoms with Gasteiger partial charge in [0, 0.05) is 5.75 Å². The number of benzene rings is 1. The second-order valence-corrected chi connectivity index (χ2v) is 5.61. The second kappa shape index (κ2) is 8.25. The lowest BCUT2D eigenvalue weighted by Gasteiger charge is -2.07. The maximum absolute atomic E-state index is 11.8. The van der Waals surface area contributed by atoms with Crippen LogP contribution < -0.4 is 15.0 Å². The van der Waals surface area contributed by atoms with Gasteiger partial charge in [0.05, 0.1) is 19.4 Å². The summed E-state index contributed by atoms with van der Waals surface area (Å²) in [6.45, 7) is 2.34. The second-order valence-electron chi connectivity index (χ2n) is 4.53. The first kappa shape index (κ1) is 16.9. The van der Waals surface area contributed by atoms with E-state index >= 15 is 0 Å². The number of aryl methyl sites for hydroxylation is 1. The topological polar surface area (TPSA) is 88.0 Å². The first-order valence-corrected chi connectivity index (χ1v) is 8.09. The predicted octanol–water partition coefficient (Wildman–Crippen LogP) is 2.38. The van der Waals surface area contributed by atoms with Gasteiger partial charge in [0.25, 0.3) is 5.56 Å². The van der Waals surface area contributed by atoms with Gasteiger partial charge >= 0.3 is 0 Å². The number of nitriles is 1. The van der Waals surface area contributed by atoms with Crippen molar-refractivity contribution in [3.63, 3.8) is 0 Å². The molecule has 0 amide bonds. The number of hydrogen-bond acceptors (Lipinski definition) is 6. The summed E-state index contributed by atoms with van der Waals surface area (Å²) in [4.78, 5) is 18.7. The summed E-state index contributed by atoms with van der Waals surface area (Å²) >= 11 is 1.38. The fourth-order valence-electron chi connectivity index (χ4n) is 1.91. The molecular formula is C16H17N3O3S. The molecule has 1 N–H and O–H groups in total. The molecule has 6 nitrogen and oxygen atoms in total. The Morgan fingerprint density at radius 3 is 2.61 bits per heavy atom. The van der Waals surface area contributed by atoms with Gasteiger partial charge in [-0.1, -0.05) is 18.7 Å². The number of nitrogens with zero attached hydrogens (tertiary/aromatic N) is 2. The van der Waals surface area contributed by atoms with Crippen molar-refractivity contribution in [2.45, 2.75) is 18.5 Å². The summed E-state index contributed by atoms with van der Waals surface area (Å²) in [5.74, 6) is 2.16. The Morgan fingerprint density at radius 1 is 1.30 bits per heavy atom. The zero-order valence-corrected chi connectivity index (χ0v) is 13.8. The van der Waals surface area contributed by atoms with Crippen molar-refractivity contribution < 1.29 is 9.47 Å². The van der Waals surface area contributed by atoms with Crippen molar-refractivity contribution in [2.75, 3.05) is 19.5 Å². The molecule has 0 aliphatic rings. The van der Waals surface area contributed by atoms with Crippen LogP contribution >= 0.6 is 11.8 Å². The molecule has 0 spiro atoms. The van der Waals surface area contributed by atoms with Crippen LogP contribution in [0.3, 0.4) is 0 Å². The van der Waals surface area contributed by atoms with Crippen molar-refractivity contribution in [2.24, 2.45) is 0 Å². The lowest BCUT2D eigenvalue weighted by molar-refractivity contribution is 0.342. The van der Waals surface area contributed by atoms with Gasteiger partial charge in [0.2, 0.25) is 0 Å². The fraction of sp³-hybridized carbons (Fsp3) is 0.312. The summed E-state index contributed by atoms with van der Waals surface area (Å²) in [5.41, 5.74) is 0.221. The third kappa shape index (κ3) is 4.50. The van der Waals surface area contributed by atoms with Crippen LogP contribution in [0.25, 0.3) is 0 Å². The predicted molar refractivity (Wildman–Crippen MR) is 88.2 cm³/mol. The number of H-pyrrole nitrogens is 1. The standard InChI is InChI=1S/C16H17N3O3S/c1-3-14-13(10-17)15(20)19-16(18-14)23-9-8-22-12-6-4-11(21-2)5-7-12/h4-7H,3,8-9H2,1-2H3,(H,18,19,20). The van der Waals surface area contributed by atoms with E-state index in [2.05, 4.69) is 9.97 Å². The number of methoxy groups -OCH3 is 1. The van der Waals surface area contributed by atoms with Gasteiger partial charge < -0.3 is 14.5 Å². The molecule has 7 heteroatoms. The van der Waals surface area contributed by atoms with Gasteiger partial charge in [0.15, 0.2) is 5.16 Å². The third-order valence-electron chi connectivity index (χ3n) is 3.07. The minimum atomic E-state index is -0.391. The van der Waals surface area contributed by atoms with Crippen LogP contribution in [0.1, 0.15) is 18.2 Å². The van der Waals surface area contributed by atoms with E-state index in [9.17, 15) is 4.79 Å². The fourth-order valence-corrected chi connectivity index (χ4v) is 2.61. The van der Waals surface area contributed by atoms with E-state index in [0.29, 0.717) is 29.6 Å². The number of ether oxygens (including phenoxy) is 2. The van der Waals surface area contributed by atoms with E-state index in [-0.39, 0.29) is 5.56 Å². The first-order valence-electron chi connectivity index (χ1n) is 7.10. The van der Waals surface area contributed by atoms with E-state index in [1.54, 1.807) is 7.11 Å². The molecule has 0 bridgehead atoms. The zero-order valence-electron chi connectivity index (χ0n) is 13.0. The minimum absolute atomic E-state index is 0.0892. The number of nitrogens with one attached hydrogen (secondary N) is 1. The maximum atomic E-state index is 11.8. The maximum Gasteiger partial charge on any atom is 0.269 e. The zero-order chi connectivity index (χ0) is 16.7. The number of rotatable bonds is 7. The van der Waals surface area contributed by atoms with Gasteiger partial charge in [-0.05, 0) is 30.7 Å². The van der Waals surface area contributed by atoms with Crippen LogP contribution in [0.5, 0.6) is 11.5 Å². The summed E-state index contributed by atoms with van der Waals surface area (Å²) in [7, 11) is 1.61. The number of aromatic nitrogens is 2. The van der Waals surface area contributed by atoms with E-state index in [4.69, 9.17) is 14.7 Å². The number of aromatic amines is 1. The van der Waals surface area contributed by atoms with Crippen molar-refractivity contribution in [1.29, 1.82) is 5.26 Å². The largest absolute Gasteiger partial charge is 0.497 e. The van der Waals surface area contributed by atoms with Crippen LogP contribution in [0.4, 0.5) is 0 Å². The molecule has 2 rings (SSSR count). The lowest BCUT2D eigenvalue weighted by atomic mass is 10.2. The van der Waals surface area contributed by atoms with Crippen LogP contribution in [0, 0.1) is 11.3 Å². The molecule has 120 valence electrons. The molecule has 0 unspecified atom stereocenters. The molecule has 0 aliphatic carbocycles. The minimum Gasteiger partial charge on any atom is -0.497 e. The molecule has 0 fully saturated rings. The van der Waals surface area contributed by atoms with Crippen LogP contribution in [-0.4, -0.2) is 29.4 Å². The van der Waals surface area contributed by atoms with E-state index in [1.165, 1.54) is 11.8 Å². The van der Waals surface area contributed by atoms with Gasteiger partial charge in [-0.3, -0.25) is 4.79 Å². The molecular weight excluding hydrogens is 314 g/mol. The summed E-state index contributed by atoms with van der Waals surface area (Å²) < 4.78 is 10.7. The average molecular weight is 331 g/mol. The Hall–Kier alpha value is -2.46. The highest BCUT2D eigenvalue weighted by Gasteiger charge is 2.09. The smallest absolute Gasteiger partial charge is 0.269 e. The van der Waals surface area contributed by atoms with E-state index in [1.807, 2.05) is 37.3 Å². The normalized spacial score (nSPS) is 10.1. The molecule has 0 atom stereocenters. The molecule has 0 aliphatic heterocycles. The van der Waals surface area contributed by atoms with Crippen LogP contribution in [-0.2, 0) is 6.42 Å². The molecule has 1 heterocycles. The molecule has 1 aromatic heterocycles. The highest BCUT2D eigenvalue weighted by Crippen LogP contribution is 2.18. The Bertz CT molecular complexity index is 751. The molecule has 0 saturated carbocycles. The summed E-state index contributed by atoms with van der Waals surface area (Å²) in [5, 5.41) is 9.46. The van der Waals surface area contributed by atoms with Crippen molar-refractivity contribution in [3.8, 4) is 17.6 Å². The van der Waals surface area contributed by atoms with Crippen LogP contribution in [0.2, 0.25) is 0 Å². The quantitative estimate of drug-likeness (QED) is 0.476. The monoisotopic (exact) mass is 331 g/mol. The van der Waals surface area contributed by atoms with Crippen molar-refractivity contribution in [1.82, 2.24) is 9.97 Å².